The molecule has 3 N–H and O–H groups in total. The summed E-state index contributed by atoms with van der Waals surface area (Å²) in [7, 11) is 0. The van der Waals surface area contributed by atoms with Gasteiger partial charge < -0.3 is 25.1 Å². The average molecular weight is 582 g/mol. The fourth-order valence-corrected chi connectivity index (χ4v) is 4.90. The maximum atomic E-state index is 13.6. The smallest absolute Gasteiger partial charge is 0.416 e. The summed E-state index contributed by atoms with van der Waals surface area (Å²) in [6, 6.07) is 16.9. The molecule has 0 aliphatic carbocycles. The molecule has 2 atom stereocenters. The van der Waals surface area contributed by atoms with Crippen LogP contribution < -0.4 is 15.5 Å². The first-order valence-corrected chi connectivity index (χ1v) is 13.7. The summed E-state index contributed by atoms with van der Waals surface area (Å²) in [5, 5.41) is 17.8. The van der Waals surface area contributed by atoms with E-state index in [1.165, 1.54) is 17.9 Å². The predicted molar refractivity (Wildman–Crippen MR) is 155 cm³/mol. The lowest BCUT2D eigenvalue weighted by Gasteiger charge is -2.25. The van der Waals surface area contributed by atoms with Crippen molar-refractivity contribution in [3.63, 3.8) is 0 Å². The van der Waals surface area contributed by atoms with Crippen LogP contribution in [0.15, 0.2) is 77.4 Å². The molecule has 0 bridgehead atoms. The molecule has 0 radical (unpaired) electrons. The lowest BCUT2D eigenvalue weighted by Crippen LogP contribution is -2.48. The number of anilines is 1. The van der Waals surface area contributed by atoms with Gasteiger partial charge in [0.1, 0.15) is 0 Å². The molecule has 0 aliphatic rings. The standard InChI is InChI=1S/C32H34F3N3O4/c1-4-38(21(3)39)28-16-24(15-26-20(2)19-42-30(26)28)31(41)37-27(14-22-9-6-5-7-10-22)29(40)18-36-17-23-11-8-12-25(13-23)32(33,34)35/h5-13,15-16,19,27,29,36,40H,4,14,17-18H2,1-3H3,(H,37,41)/t27-,29+/m0/s1. The summed E-state index contributed by atoms with van der Waals surface area (Å²) in [6.07, 6.45) is -3.63. The third-order valence-electron chi connectivity index (χ3n) is 7.11. The van der Waals surface area contributed by atoms with Crippen molar-refractivity contribution in [2.75, 3.05) is 18.0 Å². The summed E-state index contributed by atoms with van der Waals surface area (Å²) in [6.45, 7) is 5.62. The molecule has 2 amide bonds. The van der Waals surface area contributed by atoms with E-state index in [4.69, 9.17) is 4.42 Å². The number of aliphatic hydroxyl groups is 1. The number of aliphatic hydroxyl groups excluding tert-OH is 1. The largest absolute Gasteiger partial charge is 0.462 e. The molecule has 0 aliphatic heterocycles. The van der Waals surface area contributed by atoms with Crippen LogP contribution in [0, 0.1) is 6.92 Å². The fourth-order valence-electron chi connectivity index (χ4n) is 4.90. The molecule has 7 nitrogen and oxygen atoms in total. The minimum Gasteiger partial charge on any atom is -0.462 e. The van der Waals surface area contributed by atoms with E-state index in [1.54, 1.807) is 24.5 Å². The van der Waals surface area contributed by atoms with Crippen molar-refractivity contribution in [2.24, 2.45) is 0 Å². The van der Waals surface area contributed by atoms with Crippen LogP contribution in [0.3, 0.4) is 0 Å². The van der Waals surface area contributed by atoms with E-state index in [0.717, 1.165) is 23.3 Å². The van der Waals surface area contributed by atoms with Crippen LogP contribution in [0.5, 0.6) is 0 Å². The third-order valence-corrected chi connectivity index (χ3v) is 7.11. The summed E-state index contributed by atoms with van der Waals surface area (Å²) < 4.78 is 45.0. The van der Waals surface area contributed by atoms with Gasteiger partial charge in [-0.25, -0.2) is 0 Å². The van der Waals surface area contributed by atoms with Crippen LogP contribution in [0.1, 0.15) is 46.5 Å². The lowest BCUT2D eigenvalue weighted by atomic mass is 9.99. The van der Waals surface area contributed by atoms with Gasteiger partial charge in [-0.3, -0.25) is 9.59 Å². The molecule has 42 heavy (non-hydrogen) atoms. The Bertz CT molecular complexity index is 1540. The number of nitrogens with zero attached hydrogens (tertiary/aromatic N) is 1. The first kappa shape index (κ1) is 30.8. The van der Waals surface area contributed by atoms with Gasteiger partial charge in [-0.15, -0.1) is 0 Å². The molecule has 0 saturated carbocycles. The maximum absolute atomic E-state index is 13.6. The second-order valence-corrected chi connectivity index (χ2v) is 10.2. The lowest BCUT2D eigenvalue weighted by molar-refractivity contribution is -0.137. The third kappa shape index (κ3) is 7.37. The zero-order valence-corrected chi connectivity index (χ0v) is 23.7. The number of amides is 2. The van der Waals surface area contributed by atoms with E-state index in [-0.39, 0.29) is 19.0 Å². The zero-order valence-electron chi connectivity index (χ0n) is 23.7. The number of rotatable bonds is 11. The number of hydrogen-bond acceptors (Lipinski definition) is 5. The van der Waals surface area contributed by atoms with Crippen LogP contribution in [-0.4, -0.2) is 42.2 Å². The fraction of sp³-hybridized carbons (Fsp3) is 0.312. The highest BCUT2D eigenvalue weighted by Gasteiger charge is 2.30. The van der Waals surface area contributed by atoms with Crippen molar-refractivity contribution in [1.29, 1.82) is 0 Å². The van der Waals surface area contributed by atoms with Crippen LogP contribution in [0.4, 0.5) is 18.9 Å². The molecule has 3 aromatic carbocycles. The second kappa shape index (κ2) is 13.2. The van der Waals surface area contributed by atoms with Gasteiger partial charge in [-0.2, -0.15) is 13.2 Å². The van der Waals surface area contributed by atoms with Gasteiger partial charge in [0.25, 0.3) is 5.91 Å². The van der Waals surface area contributed by atoms with E-state index in [2.05, 4.69) is 10.6 Å². The number of carbonyl (C=O) groups excluding carboxylic acids is 2. The van der Waals surface area contributed by atoms with Crippen molar-refractivity contribution < 1.29 is 32.3 Å². The normalized spacial score (nSPS) is 13.1. The van der Waals surface area contributed by atoms with Gasteiger partial charge in [0, 0.05) is 37.5 Å². The van der Waals surface area contributed by atoms with Gasteiger partial charge in [-0.1, -0.05) is 48.5 Å². The van der Waals surface area contributed by atoms with E-state index < -0.39 is 29.8 Å². The van der Waals surface area contributed by atoms with Gasteiger partial charge in [0.2, 0.25) is 5.91 Å². The van der Waals surface area contributed by atoms with Crippen molar-refractivity contribution in [3.05, 3.63) is 101 Å². The molecule has 10 heteroatoms. The van der Waals surface area contributed by atoms with E-state index in [9.17, 15) is 27.9 Å². The summed E-state index contributed by atoms with van der Waals surface area (Å²) >= 11 is 0. The van der Waals surface area contributed by atoms with Crippen molar-refractivity contribution in [3.8, 4) is 0 Å². The monoisotopic (exact) mass is 581 g/mol. The highest BCUT2D eigenvalue weighted by atomic mass is 19.4. The summed E-state index contributed by atoms with van der Waals surface area (Å²) in [4.78, 5) is 27.5. The Morgan fingerprint density at radius 2 is 1.74 bits per heavy atom. The van der Waals surface area contributed by atoms with Crippen LogP contribution in [0.2, 0.25) is 0 Å². The molecule has 222 valence electrons. The van der Waals surface area contributed by atoms with Gasteiger partial charge in [0.05, 0.1) is 29.7 Å². The number of halogens is 3. The Kier molecular flexibility index (Phi) is 9.70. The van der Waals surface area contributed by atoms with E-state index in [0.29, 0.717) is 40.7 Å². The number of nitrogens with one attached hydrogen (secondary N) is 2. The molecular weight excluding hydrogens is 547 g/mol. The van der Waals surface area contributed by atoms with Crippen molar-refractivity contribution in [1.82, 2.24) is 10.6 Å². The van der Waals surface area contributed by atoms with E-state index >= 15 is 0 Å². The molecule has 0 saturated heterocycles. The van der Waals surface area contributed by atoms with Crippen molar-refractivity contribution in [2.45, 2.75) is 52.1 Å². The Balaban J connectivity index is 1.55. The number of carbonyl (C=O) groups is 2. The molecule has 0 spiro atoms. The quantitative estimate of drug-likeness (QED) is 0.214. The topological polar surface area (TPSA) is 94.8 Å². The first-order valence-electron chi connectivity index (χ1n) is 13.7. The molecule has 0 fully saturated rings. The first-order chi connectivity index (χ1) is 20.0. The Morgan fingerprint density at radius 3 is 2.40 bits per heavy atom. The number of hydrogen-bond donors (Lipinski definition) is 3. The number of fused-ring (bicyclic) bond motifs is 1. The minimum atomic E-state index is -4.45. The number of aryl methyl sites for hydroxylation is 1. The molecule has 4 aromatic rings. The highest BCUT2D eigenvalue weighted by Crippen LogP contribution is 2.33. The molecule has 0 unspecified atom stereocenters. The average Bonchev–Trinajstić information content (AvgIpc) is 3.33. The molecule has 1 aromatic heterocycles. The van der Waals surface area contributed by atoms with Crippen LogP contribution >= 0.6 is 0 Å². The zero-order chi connectivity index (χ0) is 30.4. The summed E-state index contributed by atoms with van der Waals surface area (Å²) in [5.41, 5.74) is 2.64. The summed E-state index contributed by atoms with van der Waals surface area (Å²) in [5.74, 6) is -0.647. The Hall–Kier alpha value is -4.15. The predicted octanol–water partition coefficient (Wildman–Crippen LogP) is 5.62. The molecule has 1 heterocycles. The van der Waals surface area contributed by atoms with Gasteiger partial charge >= 0.3 is 6.18 Å². The second-order valence-electron chi connectivity index (χ2n) is 10.2. The number of furan rings is 1. The number of alkyl halides is 3. The van der Waals surface area contributed by atoms with Gasteiger partial charge in [0.15, 0.2) is 5.58 Å². The highest BCUT2D eigenvalue weighted by molar-refractivity contribution is 6.06. The Morgan fingerprint density at radius 1 is 1.02 bits per heavy atom. The Labute approximate surface area is 242 Å². The van der Waals surface area contributed by atoms with Crippen LogP contribution in [-0.2, 0) is 23.9 Å². The molecular formula is C32H34F3N3O4. The maximum Gasteiger partial charge on any atom is 0.416 e. The minimum absolute atomic E-state index is 0.0209. The van der Waals surface area contributed by atoms with E-state index in [1.807, 2.05) is 44.2 Å². The van der Waals surface area contributed by atoms with Crippen molar-refractivity contribution >= 4 is 28.5 Å². The van der Waals surface area contributed by atoms with Crippen LogP contribution in [0.25, 0.3) is 11.0 Å². The SMILES string of the molecule is CCN(C(C)=O)c1cc(C(=O)N[C@@H](Cc2ccccc2)[C@H](O)CNCc2cccc(C(F)(F)F)c2)cc2c(C)coc12. The molecule has 4 rings (SSSR count). The number of benzene rings is 3. The van der Waals surface area contributed by atoms with Gasteiger partial charge in [-0.05, 0) is 55.2 Å².